The highest BCUT2D eigenvalue weighted by molar-refractivity contribution is 8.13. The van der Waals surface area contributed by atoms with Crippen LogP contribution >= 0.6 is 22.3 Å². The molecule has 0 aliphatic heterocycles. The van der Waals surface area contributed by atoms with Gasteiger partial charge in [0.25, 0.3) is 5.92 Å². The molecule has 0 rings (SSSR count). The molecule has 0 aromatic heterocycles. The minimum absolute atomic E-state index is 0.292. The van der Waals surface area contributed by atoms with Crippen molar-refractivity contribution in [2.75, 3.05) is 11.6 Å². The molecule has 7 heteroatoms. The van der Waals surface area contributed by atoms with Gasteiger partial charge in [-0.25, -0.2) is 17.2 Å². The maximum absolute atomic E-state index is 12.4. The normalized spacial score (nSPS) is 13.5. The Bertz CT molecular complexity index is 214. The summed E-state index contributed by atoms with van der Waals surface area (Å²) in [5.41, 5.74) is 0. The van der Waals surface area contributed by atoms with E-state index in [9.17, 15) is 17.2 Å². The van der Waals surface area contributed by atoms with E-state index < -0.39 is 27.1 Å². The zero-order chi connectivity index (χ0) is 9.12. The first-order chi connectivity index (χ1) is 4.77. The van der Waals surface area contributed by atoms with Crippen molar-refractivity contribution in [2.24, 2.45) is 0 Å². The SMILES string of the molecule is O=S(=O)(Cl)CC(F)(F)CCCl. The molecule has 0 aliphatic rings. The van der Waals surface area contributed by atoms with E-state index in [1.165, 1.54) is 0 Å². The van der Waals surface area contributed by atoms with E-state index in [-0.39, 0.29) is 5.88 Å². The molecule has 0 aromatic rings. The third-order valence-electron chi connectivity index (χ3n) is 0.844. The Morgan fingerprint density at radius 1 is 1.36 bits per heavy atom. The van der Waals surface area contributed by atoms with Crippen LogP contribution in [-0.2, 0) is 9.05 Å². The highest BCUT2D eigenvalue weighted by Crippen LogP contribution is 2.22. The second kappa shape index (κ2) is 3.87. The first-order valence-electron chi connectivity index (χ1n) is 2.63. The molecule has 0 amide bonds. The Kier molecular flexibility index (Phi) is 4.00. The van der Waals surface area contributed by atoms with Crippen LogP contribution in [-0.4, -0.2) is 26.0 Å². The lowest BCUT2D eigenvalue weighted by atomic mass is 10.3. The number of hydrogen-bond acceptors (Lipinski definition) is 2. The topological polar surface area (TPSA) is 34.1 Å². The van der Waals surface area contributed by atoms with Crippen LogP contribution in [0.2, 0.25) is 0 Å². The van der Waals surface area contributed by atoms with Crippen LogP contribution in [0.25, 0.3) is 0 Å². The minimum Gasteiger partial charge on any atom is -0.212 e. The second-order valence-electron chi connectivity index (χ2n) is 1.98. The summed E-state index contributed by atoms with van der Waals surface area (Å²) in [6.07, 6.45) is -0.680. The van der Waals surface area contributed by atoms with Gasteiger partial charge < -0.3 is 0 Å². The van der Waals surface area contributed by atoms with Crippen molar-refractivity contribution >= 4 is 31.3 Å². The van der Waals surface area contributed by atoms with Gasteiger partial charge in [0.1, 0.15) is 5.75 Å². The van der Waals surface area contributed by atoms with Crippen molar-refractivity contribution < 1.29 is 17.2 Å². The Hall–Kier alpha value is 0.390. The van der Waals surface area contributed by atoms with Gasteiger partial charge in [0, 0.05) is 23.0 Å². The largest absolute Gasteiger partial charge is 0.264 e. The average Bonchev–Trinajstić information content (AvgIpc) is 1.55. The third kappa shape index (κ3) is 6.77. The standard InChI is InChI=1S/C4H6Cl2F2O2S/c5-2-1-4(7,8)3-11(6,9)10/h1-3H2. The Morgan fingerprint density at radius 3 is 2.09 bits per heavy atom. The van der Waals surface area contributed by atoms with Crippen LogP contribution in [0.1, 0.15) is 6.42 Å². The maximum atomic E-state index is 12.4. The molecule has 0 bridgehead atoms. The molecule has 11 heavy (non-hydrogen) atoms. The van der Waals surface area contributed by atoms with Crippen LogP contribution in [0, 0.1) is 0 Å². The Labute approximate surface area is 72.9 Å². The quantitative estimate of drug-likeness (QED) is 0.542. The first-order valence-corrected chi connectivity index (χ1v) is 5.64. The van der Waals surface area contributed by atoms with E-state index >= 15 is 0 Å². The average molecular weight is 227 g/mol. The van der Waals surface area contributed by atoms with Crippen LogP contribution in [0.5, 0.6) is 0 Å². The van der Waals surface area contributed by atoms with Gasteiger partial charge in [-0.05, 0) is 0 Å². The Balaban J connectivity index is 4.13. The van der Waals surface area contributed by atoms with Gasteiger partial charge in [0.15, 0.2) is 0 Å². The summed E-state index contributed by atoms with van der Waals surface area (Å²) in [6.45, 7) is 0. The number of rotatable bonds is 4. The van der Waals surface area contributed by atoms with Crippen molar-refractivity contribution in [2.45, 2.75) is 12.3 Å². The number of alkyl halides is 3. The Morgan fingerprint density at radius 2 is 1.82 bits per heavy atom. The fourth-order valence-electron chi connectivity index (χ4n) is 0.463. The molecular formula is C4H6Cl2F2O2S. The summed E-state index contributed by atoms with van der Waals surface area (Å²) in [4.78, 5) is 0. The summed E-state index contributed by atoms with van der Waals surface area (Å²) in [6, 6.07) is 0. The molecule has 0 fully saturated rings. The van der Waals surface area contributed by atoms with E-state index in [2.05, 4.69) is 10.7 Å². The maximum Gasteiger partial charge on any atom is 0.264 e. The molecule has 0 aromatic carbocycles. The summed E-state index contributed by atoms with van der Waals surface area (Å²) in [7, 11) is 0.462. The van der Waals surface area contributed by atoms with E-state index in [1.807, 2.05) is 0 Å². The molecule has 0 saturated carbocycles. The lowest BCUT2D eigenvalue weighted by Gasteiger charge is -2.11. The predicted molar refractivity (Wildman–Crippen MR) is 39.9 cm³/mol. The molecule has 0 heterocycles. The summed E-state index contributed by atoms with van der Waals surface area (Å²) >= 11 is 5.00. The molecule has 0 atom stereocenters. The monoisotopic (exact) mass is 226 g/mol. The smallest absolute Gasteiger partial charge is 0.212 e. The zero-order valence-electron chi connectivity index (χ0n) is 5.36. The molecule has 0 unspecified atom stereocenters. The molecule has 0 radical (unpaired) electrons. The molecule has 68 valence electrons. The lowest BCUT2D eigenvalue weighted by Crippen LogP contribution is -2.25. The number of halogens is 4. The van der Waals surface area contributed by atoms with Crippen LogP contribution in [0.3, 0.4) is 0 Å². The van der Waals surface area contributed by atoms with Gasteiger partial charge in [-0.3, -0.25) is 0 Å². The van der Waals surface area contributed by atoms with Gasteiger partial charge >= 0.3 is 0 Å². The van der Waals surface area contributed by atoms with Gasteiger partial charge in [0.05, 0.1) is 0 Å². The van der Waals surface area contributed by atoms with Crippen LogP contribution in [0.15, 0.2) is 0 Å². The molecule has 0 N–H and O–H groups in total. The van der Waals surface area contributed by atoms with Gasteiger partial charge in [-0.1, -0.05) is 0 Å². The van der Waals surface area contributed by atoms with E-state index in [1.54, 1.807) is 0 Å². The van der Waals surface area contributed by atoms with Crippen molar-refractivity contribution in [1.29, 1.82) is 0 Å². The molecule has 0 aliphatic carbocycles. The van der Waals surface area contributed by atoms with Gasteiger partial charge in [-0.2, -0.15) is 0 Å². The summed E-state index contributed by atoms with van der Waals surface area (Å²) in [5.74, 6) is -4.96. The molecule has 2 nitrogen and oxygen atoms in total. The molecular weight excluding hydrogens is 221 g/mol. The summed E-state index contributed by atoms with van der Waals surface area (Å²) < 4.78 is 45.1. The second-order valence-corrected chi connectivity index (χ2v) is 5.13. The van der Waals surface area contributed by atoms with Gasteiger partial charge in [-0.15, -0.1) is 11.6 Å². The number of hydrogen-bond donors (Lipinski definition) is 0. The minimum atomic E-state index is -4.14. The van der Waals surface area contributed by atoms with Crippen molar-refractivity contribution in [1.82, 2.24) is 0 Å². The van der Waals surface area contributed by atoms with Crippen molar-refractivity contribution in [3.63, 3.8) is 0 Å². The third-order valence-corrected chi connectivity index (χ3v) is 2.13. The lowest BCUT2D eigenvalue weighted by molar-refractivity contribution is 0.0231. The zero-order valence-corrected chi connectivity index (χ0v) is 7.69. The highest BCUT2D eigenvalue weighted by atomic mass is 35.7. The first kappa shape index (κ1) is 11.4. The fraction of sp³-hybridized carbons (Fsp3) is 1.00. The van der Waals surface area contributed by atoms with E-state index in [0.29, 0.717) is 0 Å². The van der Waals surface area contributed by atoms with Crippen LogP contribution < -0.4 is 0 Å². The highest BCUT2D eigenvalue weighted by Gasteiger charge is 2.33. The van der Waals surface area contributed by atoms with Gasteiger partial charge in [0.2, 0.25) is 9.05 Å². The predicted octanol–water partition coefficient (Wildman–Crippen LogP) is 1.82. The van der Waals surface area contributed by atoms with E-state index in [4.69, 9.17) is 11.6 Å². The molecule has 0 saturated heterocycles. The fourth-order valence-corrected chi connectivity index (χ4v) is 1.87. The molecule has 0 spiro atoms. The van der Waals surface area contributed by atoms with Crippen molar-refractivity contribution in [3.05, 3.63) is 0 Å². The van der Waals surface area contributed by atoms with Crippen LogP contribution in [0.4, 0.5) is 8.78 Å². The summed E-state index contributed by atoms with van der Waals surface area (Å²) in [5, 5.41) is 0. The van der Waals surface area contributed by atoms with Crippen molar-refractivity contribution in [3.8, 4) is 0 Å². The van der Waals surface area contributed by atoms with E-state index in [0.717, 1.165) is 0 Å².